The van der Waals surface area contributed by atoms with Gasteiger partial charge in [-0.05, 0) is 54.5 Å². The Hall–Kier alpha value is -2.18. The van der Waals surface area contributed by atoms with Crippen molar-refractivity contribution in [3.63, 3.8) is 0 Å². The first-order chi connectivity index (χ1) is 14.5. The van der Waals surface area contributed by atoms with Gasteiger partial charge in [0.2, 0.25) is 0 Å². The van der Waals surface area contributed by atoms with Crippen molar-refractivity contribution in [3.8, 4) is 11.5 Å². The zero-order valence-corrected chi connectivity index (χ0v) is 21.1. The number of hydrogen-bond donors (Lipinski definition) is 3. The molecule has 0 aliphatic carbocycles. The van der Waals surface area contributed by atoms with Gasteiger partial charge in [-0.25, -0.2) is 4.79 Å². The number of carboxylic acid groups (broad SMARTS) is 1. The fraction of sp³-hybridized carbons (Fsp3) is 0.500. The summed E-state index contributed by atoms with van der Waals surface area (Å²) in [5, 5.41) is 30.8. The van der Waals surface area contributed by atoms with Crippen LogP contribution in [0.2, 0.25) is 0 Å². The lowest BCUT2D eigenvalue weighted by atomic mass is 9.79. The Morgan fingerprint density at radius 1 is 0.938 bits per heavy atom. The van der Waals surface area contributed by atoms with Crippen LogP contribution in [0, 0.1) is 0 Å². The molecule has 176 valence electrons. The molecule has 2 aromatic carbocycles. The average Bonchev–Trinajstić information content (AvgIpc) is 2.65. The molecule has 0 bridgehead atoms. The summed E-state index contributed by atoms with van der Waals surface area (Å²) in [6.45, 7) is 15.4. The number of aliphatic carboxylic acids is 1. The van der Waals surface area contributed by atoms with Gasteiger partial charge in [0.15, 0.2) is 5.60 Å². The lowest BCUT2D eigenvalue weighted by Gasteiger charge is -2.28. The largest absolute Gasteiger partial charge is 0.507 e. The van der Waals surface area contributed by atoms with Crippen molar-refractivity contribution < 1.29 is 24.9 Å². The summed E-state index contributed by atoms with van der Waals surface area (Å²) >= 11 is 1.54. The van der Waals surface area contributed by atoms with Gasteiger partial charge < -0.3 is 20.1 Å². The van der Waals surface area contributed by atoms with Crippen LogP contribution in [-0.2, 0) is 15.6 Å². The Bertz CT molecular complexity index is 915. The molecule has 6 heteroatoms. The second kappa shape index (κ2) is 9.36. The Morgan fingerprint density at radius 3 is 1.81 bits per heavy atom. The van der Waals surface area contributed by atoms with E-state index in [0.29, 0.717) is 17.3 Å². The van der Waals surface area contributed by atoms with Gasteiger partial charge in [0.25, 0.3) is 0 Å². The third-order valence-electron chi connectivity index (χ3n) is 5.26. The van der Waals surface area contributed by atoms with E-state index in [4.69, 9.17) is 4.74 Å². The molecule has 0 saturated heterocycles. The number of ether oxygens (including phenoxy) is 1. The molecule has 0 aliphatic rings. The van der Waals surface area contributed by atoms with Crippen LogP contribution in [0.1, 0.15) is 78.2 Å². The molecule has 3 N–H and O–H groups in total. The molecule has 0 amide bonds. The van der Waals surface area contributed by atoms with E-state index in [-0.39, 0.29) is 10.8 Å². The third-order valence-corrected chi connectivity index (χ3v) is 6.31. The zero-order chi connectivity index (χ0) is 24.5. The normalized spacial score (nSPS) is 13.7. The summed E-state index contributed by atoms with van der Waals surface area (Å²) in [7, 11) is 0. The molecule has 0 aromatic heterocycles. The second-order valence-electron chi connectivity index (χ2n) is 10.7. The van der Waals surface area contributed by atoms with Gasteiger partial charge in [0.05, 0.1) is 6.10 Å². The zero-order valence-electron chi connectivity index (χ0n) is 20.3. The third kappa shape index (κ3) is 6.42. The van der Waals surface area contributed by atoms with E-state index >= 15 is 0 Å². The summed E-state index contributed by atoms with van der Waals surface area (Å²) in [6.07, 6.45) is -0.702. The molecular formula is C26H36O5S. The van der Waals surface area contributed by atoms with E-state index < -0.39 is 17.7 Å². The van der Waals surface area contributed by atoms with Gasteiger partial charge in [-0.15, -0.1) is 11.8 Å². The second-order valence-corrected chi connectivity index (χ2v) is 11.8. The molecule has 0 aliphatic heterocycles. The lowest BCUT2D eigenvalue weighted by molar-refractivity contribution is -0.152. The fourth-order valence-electron chi connectivity index (χ4n) is 3.20. The van der Waals surface area contributed by atoms with Crippen molar-refractivity contribution in [1.29, 1.82) is 0 Å². The molecule has 2 rings (SSSR count). The van der Waals surface area contributed by atoms with Crippen LogP contribution in [0.25, 0.3) is 0 Å². The number of hydrogen-bond acceptors (Lipinski definition) is 5. The van der Waals surface area contributed by atoms with E-state index in [9.17, 15) is 20.1 Å². The Balaban J connectivity index is 2.19. The lowest BCUT2D eigenvalue weighted by Crippen LogP contribution is -2.37. The number of rotatable bonds is 7. The number of benzene rings is 2. The molecule has 5 nitrogen and oxygen atoms in total. The molecule has 32 heavy (non-hydrogen) atoms. The standard InChI is InChI=1S/C26H36O5S/c1-24(2,3)19-13-18(14-20(22(19)28)25(4,5)6)32-15-21(27)16-9-11-17(12-10-16)31-26(7,8)23(29)30/h9-14,21,27-28H,15H2,1-8H3,(H,29,30). The van der Waals surface area contributed by atoms with Gasteiger partial charge in [0.1, 0.15) is 11.5 Å². The maximum Gasteiger partial charge on any atom is 0.347 e. The number of phenols is 1. The average molecular weight is 461 g/mol. The molecular weight excluding hydrogens is 424 g/mol. The maximum atomic E-state index is 11.2. The summed E-state index contributed by atoms with van der Waals surface area (Å²) in [6, 6.07) is 10.8. The highest BCUT2D eigenvalue weighted by molar-refractivity contribution is 7.99. The molecule has 1 atom stereocenters. The Labute approximate surface area is 195 Å². The van der Waals surface area contributed by atoms with Crippen molar-refractivity contribution in [2.45, 2.75) is 82.8 Å². The van der Waals surface area contributed by atoms with E-state index in [2.05, 4.69) is 41.5 Å². The predicted molar refractivity (Wildman–Crippen MR) is 130 cm³/mol. The SMILES string of the molecule is CC(C)(Oc1ccc(C(O)CSc2cc(C(C)(C)C)c(O)c(C(C)(C)C)c2)cc1)C(=O)O. The molecule has 0 radical (unpaired) electrons. The van der Waals surface area contributed by atoms with Crippen LogP contribution in [0.3, 0.4) is 0 Å². The fourth-order valence-corrected chi connectivity index (χ4v) is 4.15. The molecule has 0 heterocycles. The van der Waals surface area contributed by atoms with Crippen LogP contribution >= 0.6 is 11.8 Å². The highest BCUT2D eigenvalue weighted by Gasteiger charge is 2.29. The first kappa shape index (κ1) is 26.1. The minimum Gasteiger partial charge on any atom is -0.507 e. The number of thioether (sulfide) groups is 1. The van der Waals surface area contributed by atoms with E-state index in [1.165, 1.54) is 13.8 Å². The number of carbonyl (C=O) groups is 1. The van der Waals surface area contributed by atoms with Gasteiger partial charge >= 0.3 is 5.97 Å². The van der Waals surface area contributed by atoms with Gasteiger partial charge in [-0.2, -0.15) is 0 Å². The summed E-state index contributed by atoms with van der Waals surface area (Å²) in [5.74, 6) is 0.175. The highest BCUT2D eigenvalue weighted by Crippen LogP contribution is 2.42. The predicted octanol–water partition coefficient (Wildman–Crippen LogP) is 6.05. The first-order valence-corrected chi connectivity index (χ1v) is 11.7. The summed E-state index contributed by atoms with van der Waals surface area (Å²) < 4.78 is 5.52. The number of aliphatic hydroxyl groups excluding tert-OH is 1. The van der Waals surface area contributed by atoms with Crippen LogP contribution in [0.15, 0.2) is 41.3 Å². The Kier molecular flexibility index (Phi) is 7.63. The summed E-state index contributed by atoms with van der Waals surface area (Å²) in [5.41, 5.74) is 0.764. The van der Waals surface area contributed by atoms with Gasteiger partial charge in [0, 0.05) is 21.8 Å². The number of phenolic OH excluding ortho intramolecular Hbond substituents is 1. The van der Waals surface area contributed by atoms with Gasteiger partial charge in [-0.1, -0.05) is 53.7 Å². The maximum absolute atomic E-state index is 11.2. The quantitative estimate of drug-likeness (QED) is 0.436. The molecule has 1 unspecified atom stereocenters. The molecule has 2 aromatic rings. The minimum absolute atomic E-state index is 0.209. The van der Waals surface area contributed by atoms with Crippen LogP contribution in [0.4, 0.5) is 0 Å². The molecule has 0 saturated carbocycles. The van der Waals surface area contributed by atoms with Crippen molar-refractivity contribution in [2.75, 3.05) is 5.75 Å². The summed E-state index contributed by atoms with van der Waals surface area (Å²) in [4.78, 5) is 12.2. The minimum atomic E-state index is -1.33. The van der Waals surface area contributed by atoms with Crippen molar-refractivity contribution in [2.24, 2.45) is 0 Å². The number of aromatic hydroxyl groups is 1. The van der Waals surface area contributed by atoms with Gasteiger partial charge in [-0.3, -0.25) is 0 Å². The topological polar surface area (TPSA) is 87.0 Å². The van der Waals surface area contributed by atoms with E-state index in [1.807, 2.05) is 12.1 Å². The van der Waals surface area contributed by atoms with Crippen molar-refractivity contribution in [3.05, 3.63) is 53.1 Å². The first-order valence-electron chi connectivity index (χ1n) is 10.7. The van der Waals surface area contributed by atoms with Crippen molar-refractivity contribution >= 4 is 17.7 Å². The Morgan fingerprint density at radius 2 is 1.41 bits per heavy atom. The molecule has 0 spiro atoms. The van der Waals surface area contributed by atoms with E-state index in [0.717, 1.165) is 21.6 Å². The monoisotopic (exact) mass is 460 g/mol. The highest BCUT2D eigenvalue weighted by atomic mass is 32.2. The smallest absolute Gasteiger partial charge is 0.347 e. The van der Waals surface area contributed by atoms with Crippen LogP contribution in [-0.4, -0.2) is 32.6 Å². The molecule has 0 fully saturated rings. The number of aliphatic hydroxyl groups is 1. The van der Waals surface area contributed by atoms with Crippen LogP contribution in [0.5, 0.6) is 11.5 Å². The number of carboxylic acids is 1. The van der Waals surface area contributed by atoms with Crippen molar-refractivity contribution in [1.82, 2.24) is 0 Å². The van der Waals surface area contributed by atoms with Crippen LogP contribution < -0.4 is 4.74 Å². The van der Waals surface area contributed by atoms with E-state index in [1.54, 1.807) is 36.0 Å².